The van der Waals surface area contributed by atoms with Crippen molar-refractivity contribution in [2.75, 3.05) is 7.11 Å². The minimum Gasteiger partial charge on any atom is -0.467 e. The molecule has 0 fully saturated rings. The molecule has 2 rings (SSSR count). The van der Waals surface area contributed by atoms with Gasteiger partial charge in [0.25, 0.3) is 0 Å². The van der Waals surface area contributed by atoms with E-state index in [1.807, 2.05) is 25.1 Å². The van der Waals surface area contributed by atoms with Crippen LogP contribution in [0.25, 0.3) is 0 Å². The van der Waals surface area contributed by atoms with Crippen molar-refractivity contribution in [3.63, 3.8) is 0 Å². The lowest BCUT2D eigenvalue weighted by Crippen LogP contribution is -2.53. The maximum Gasteiger partial charge on any atom is 0.408 e. The van der Waals surface area contributed by atoms with Gasteiger partial charge in [0.15, 0.2) is 0 Å². The molecule has 0 aliphatic carbocycles. The van der Waals surface area contributed by atoms with Gasteiger partial charge in [-0.05, 0) is 29.0 Å². The zero-order valence-corrected chi connectivity index (χ0v) is 19.1. The van der Waals surface area contributed by atoms with Crippen LogP contribution in [0.2, 0.25) is 0 Å². The first-order chi connectivity index (χ1) is 16.9. The standard InChI is InChI=1S/C25H33N3O5/c1-5-25(2,3)15-21(28-24(31)33-17-18-10-7-6-8-11-18)22(29)27-20(23(30)32-4)14-19-12-9-13-26-16-19/h6-13,16,20-21H,5,14-15,17H2,1-4H3,(H,27,29)(H,28,31)/t20-,21-/m0/s1/i2D,3D. The molecule has 1 heterocycles. The van der Waals surface area contributed by atoms with E-state index >= 15 is 0 Å². The van der Waals surface area contributed by atoms with Crippen molar-refractivity contribution in [3.8, 4) is 0 Å². The van der Waals surface area contributed by atoms with E-state index in [0.29, 0.717) is 6.42 Å². The number of carbonyl (C=O) groups is 3. The lowest BCUT2D eigenvalue weighted by atomic mass is 9.83. The third kappa shape index (κ3) is 8.92. The Morgan fingerprint density at radius 1 is 1.06 bits per heavy atom. The quantitative estimate of drug-likeness (QED) is 0.501. The molecule has 2 atom stereocenters. The fourth-order valence-corrected chi connectivity index (χ4v) is 3.06. The molecule has 1 aromatic carbocycles. The second kappa shape index (κ2) is 12.6. The molecule has 178 valence electrons. The molecular weight excluding hydrogens is 422 g/mol. The number of pyridine rings is 1. The van der Waals surface area contributed by atoms with Crippen LogP contribution < -0.4 is 10.6 Å². The number of esters is 1. The summed E-state index contributed by atoms with van der Waals surface area (Å²) in [5.74, 6) is -1.27. The minimum atomic E-state index is -1.12. The van der Waals surface area contributed by atoms with Crippen molar-refractivity contribution < 1.29 is 26.6 Å². The van der Waals surface area contributed by atoms with Gasteiger partial charge in [0.1, 0.15) is 18.7 Å². The number of carbonyl (C=O) groups excluding carboxylic acids is 3. The Kier molecular flexibility index (Phi) is 8.67. The van der Waals surface area contributed by atoms with Crippen LogP contribution in [0, 0.1) is 5.41 Å². The molecule has 0 spiro atoms. The van der Waals surface area contributed by atoms with Gasteiger partial charge in [0.2, 0.25) is 5.91 Å². The summed E-state index contributed by atoms with van der Waals surface area (Å²) in [5, 5.41) is 5.22. The second-order valence-corrected chi connectivity index (χ2v) is 7.97. The number of amides is 2. The van der Waals surface area contributed by atoms with E-state index in [1.54, 1.807) is 36.7 Å². The smallest absolute Gasteiger partial charge is 0.408 e. The van der Waals surface area contributed by atoms with Crippen LogP contribution in [0.15, 0.2) is 54.9 Å². The minimum absolute atomic E-state index is 0.0165. The summed E-state index contributed by atoms with van der Waals surface area (Å²) < 4.78 is 26.0. The van der Waals surface area contributed by atoms with E-state index < -0.39 is 35.5 Å². The third-order valence-corrected chi connectivity index (χ3v) is 5.17. The zero-order valence-electron chi connectivity index (χ0n) is 21.1. The Morgan fingerprint density at radius 3 is 2.39 bits per heavy atom. The Balaban J connectivity index is 2.17. The van der Waals surface area contributed by atoms with E-state index in [0.717, 1.165) is 11.1 Å². The summed E-state index contributed by atoms with van der Waals surface area (Å²) in [5.41, 5.74) is 0.694. The van der Waals surface area contributed by atoms with Gasteiger partial charge in [-0.1, -0.05) is 63.5 Å². The van der Waals surface area contributed by atoms with Gasteiger partial charge in [-0.25, -0.2) is 9.59 Å². The molecule has 0 aliphatic heterocycles. The molecule has 2 aromatic rings. The molecule has 8 heteroatoms. The summed E-state index contributed by atoms with van der Waals surface area (Å²) in [6, 6.07) is 10.5. The molecule has 8 nitrogen and oxygen atoms in total. The van der Waals surface area contributed by atoms with Gasteiger partial charge < -0.3 is 20.1 Å². The number of benzene rings is 1. The molecule has 0 saturated heterocycles. The SMILES string of the molecule is [2H]CC(C[2H])(CC)C[C@H](NC(=O)OCc1ccccc1)C(=O)N[C@@H](Cc1cccnc1)C(=O)OC. The Bertz CT molecular complexity index is 934. The number of nitrogens with one attached hydrogen (secondary N) is 2. The fourth-order valence-electron chi connectivity index (χ4n) is 3.06. The van der Waals surface area contributed by atoms with Crippen LogP contribution in [0.5, 0.6) is 0 Å². The lowest BCUT2D eigenvalue weighted by molar-refractivity contribution is -0.145. The number of hydrogen-bond donors (Lipinski definition) is 2. The van der Waals surface area contributed by atoms with Crippen LogP contribution in [0.3, 0.4) is 0 Å². The summed E-state index contributed by atoms with van der Waals surface area (Å²) in [7, 11) is 1.23. The number of aromatic nitrogens is 1. The molecule has 2 N–H and O–H groups in total. The Morgan fingerprint density at radius 2 is 1.79 bits per heavy atom. The van der Waals surface area contributed by atoms with Gasteiger partial charge in [0, 0.05) is 21.6 Å². The average Bonchev–Trinajstić information content (AvgIpc) is 2.90. The fraction of sp³-hybridized carbons (Fsp3) is 0.440. The topological polar surface area (TPSA) is 107 Å². The number of nitrogens with zero attached hydrogens (tertiary/aromatic N) is 1. The Labute approximate surface area is 197 Å². The normalized spacial score (nSPS) is 13.6. The number of methoxy groups -OCH3 is 1. The summed E-state index contributed by atoms with van der Waals surface area (Å²) in [6.45, 7) is 1.68. The van der Waals surface area contributed by atoms with Gasteiger partial charge in [-0.15, -0.1) is 0 Å². The zero-order chi connectivity index (χ0) is 25.7. The van der Waals surface area contributed by atoms with Gasteiger partial charge in [0.05, 0.1) is 7.11 Å². The molecule has 2 amide bonds. The van der Waals surface area contributed by atoms with Crippen molar-refractivity contribution in [3.05, 3.63) is 66.0 Å². The first-order valence-corrected chi connectivity index (χ1v) is 10.7. The van der Waals surface area contributed by atoms with Crippen molar-refractivity contribution >= 4 is 18.0 Å². The largest absolute Gasteiger partial charge is 0.467 e. The van der Waals surface area contributed by atoms with Gasteiger partial charge in [-0.2, -0.15) is 0 Å². The predicted octanol–water partition coefficient (Wildman–Crippen LogP) is 3.40. The predicted molar refractivity (Wildman–Crippen MR) is 124 cm³/mol. The van der Waals surface area contributed by atoms with E-state index in [2.05, 4.69) is 15.6 Å². The molecule has 33 heavy (non-hydrogen) atoms. The van der Waals surface area contributed by atoms with Crippen molar-refractivity contribution in [1.82, 2.24) is 15.6 Å². The highest BCUT2D eigenvalue weighted by atomic mass is 16.5. The highest BCUT2D eigenvalue weighted by Gasteiger charge is 2.32. The van der Waals surface area contributed by atoms with Crippen LogP contribution in [-0.2, 0) is 32.1 Å². The molecule has 0 bridgehead atoms. The molecule has 0 aliphatic rings. The van der Waals surface area contributed by atoms with E-state index in [-0.39, 0.29) is 33.2 Å². The molecule has 0 saturated carbocycles. The number of hydrogen-bond acceptors (Lipinski definition) is 6. The summed E-state index contributed by atoms with van der Waals surface area (Å²) in [6.07, 6.45) is 3.04. The van der Waals surface area contributed by atoms with E-state index in [1.165, 1.54) is 7.11 Å². The highest BCUT2D eigenvalue weighted by Crippen LogP contribution is 2.26. The van der Waals surface area contributed by atoms with Crippen molar-refractivity contribution in [2.24, 2.45) is 5.41 Å². The van der Waals surface area contributed by atoms with Crippen LogP contribution >= 0.6 is 0 Å². The van der Waals surface area contributed by atoms with E-state index in [4.69, 9.17) is 12.2 Å². The number of rotatable bonds is 11. The first-order valence-electron chi connectivity index (χ1n) is 12.1. The van der Waals surface area contributed by atoms with Crippen LogP contribution in [0.4, 0.5) is 4.79 Å². The highest BCUT2D eigenvalue weighted by molar-refractivity contribution is 5.89. The van der Waals surface area contributed by atoms with Crippen molar-refractivity contribution in [1.29, 1.82) is 0 Å². The number of alkyl carbamates (subject to hydrolysis) is 1. The van der Waals surface area contributed by atoms with Gasteiger partial charge >= 0.3 is 12.1 Å². The van der Waals surface area contributed by atoms with E-state index in [9.17, 15) is 14.4 Å². The first kappa shape index (κ1) is 22.8. The molecule has 0 radical (unpaired) electrons. The second-order valence-electron chi connectivity index (χ2n) is 7.97. The summed E-state index contributed by atoms with van der Waals surface area (Å²) in [4.78, 5) is 42.2. The van der Waals surface area contributed by atoms with Crippen LogP contribution in [-0.4, -0.2) is 42.1 Å². The molecule has 0 unspecified atom stereocenters. The third-order valence-electron chi connectivity index (χ3n) is 5.17. The Hall–Kier alpha value is -3.42. The molecule has 1 aromatic heterocycles. The maximum absolute atomic E-state index is 13.3. The molecular formula is C25H33N3O5. The monoisotopic (exact) mass is 457 g/mol. The van der Waals surface area contributed by atoms with Gasteiger partial charge in [-0.3, -0.25) is 9.78 Å². The summed E-state index contributed by atoms with van der Waals surface area (Å²) >= 11 is 0. The maximum atomic E-state index is 13.3. The van der Waals surface area contributed by atoms with Crippen LogP contribution in [0.1, 0.15) is 47.4 Å². The number of ether oxygens (including phenoxy) is 2. The lowest BCUT2D eigenvalue weighted by Gasteiger charge is -2.29. The van der Waals surface area contributed by atoms with Crippen molar-refractivity contribution in [2.45, 2.75) is 58.7 Å². The average molecular weight is 458 g/mol.